The van der Waals surface area contributed by atoms with Crippen molar-refractivity contribution in [3.63, 3.8) is 0 Å². The number of amides is 1. The zero-order valence-corrected chi connectivity index (χ0v) is 13.9. The van der Waals surface area contributed by atoms with Crippen LogP contribution in [0, 0.1) is 6.92 Å². The van der Waals surface area contributed by atoms with Crippen LogP contribution in [-0.2, 0) is 11.3 Å². The number of aryl methyl sites for hydroxylation is 1. The Balaban J connectivity index is 1.55. The molecule has 1 amide bonds. The minimum Gasteiger partial charge on any atom is -0.486 e. The van der Waals surface area contributed by atoms with E-state index in [1.807, 2.05) is 37.3 Å². The van der Waals surface area contributed by atoms with Crippen molar-refractivity contribution in [2.75, 3.05) is 13.2 Å². The molecule has 0 spiro atoms. The van der Waals surface area contributed by atoms with Gasteiger partial charge in [-0.25, -0.2) is 4.98 Å². The van der Waals surface area contributed by atoms with E-state index in [0.717, 1.165) is 35.9 Å². The molecule has 1 N–H and O–H groups in total. The molecule has 0 saturated carbocycles. The second kappa shape index (κ2) is 7.57. The normalized spacial score (nSPS) is 17.2. The monoisotopic (exact) mass is 332 g/mol. The predicted molar refractivity (Wildman–Crippen MR) is 88.9 cm³/mol. The molecule has 1 aromatic carbocycles. The predicted octanol–water partition coefficient (Wildman–Crippen LogP) is 2.94. The zero-order chi connectivity index (χ0) is 16.1. The summed E-state index contributed by atoms with van der Waals surface area (Å²) >= 11 is 1.38. The van der Waals surface area contributed by atoms with Crippen LogP contribution in [0.4, 0.5) is 0 Å². The van der Waals surface area contributed by atoms with Crippen LogP contribution in [0.3, 0.4) is 0 Å². The highest BCUT2D eigenvalue weighted by Crippen LogP contribution is 2.20. The minimum atomic E-state index is -0.0820. The van der Waals surface area contributed by atoms with Crippen molar-refractivity contribution in [1.82, 2.24) is 10.3 Å². The fraction of sp³-hybridized carbons (Fsp3) is 0.412. The summed E-state index contributed by atoms with van der Waals surface area (Å²) in [5.41, 5.74) is 0.742. The van der Waals surface area contributed by atoms with Crippen LogP contribution in [0.25, 0.3) is 0 Å². The summed E-state index contributed by atoms with van der Waals surface area (Å²) < 4.78 is 11.2. The van der Waals surface area contributed by atoms with Gasteiger partial charge in [-0.2, -0.15) is 0 Å². The molecule has 1 unspecified atom stereocenters. The third kappa shape index (κ3) is 4.30. The Kier molecular flexibility index (Phi) is 5.25. The molecule has 3 rings (SSSR count). The summed E-state index contributed by atoms with van der Waals surface area (Å²) in [6.45, 7) is 3.57. The molecule has 1 fully saturated rings. The molecule has 0 aliphatic carbocycles. The summed E-state index contributed by atoms with van der Waals surface area (Å²) in [7, 11) is 0. The zero-order valence-electron chi connectivity index (χ0n) is 13.1. The van der Waals surface area contributed by atoms with Crippen LogP contribution in [-0.4, -0.2) is 30.1 Å². The van der Waals surface area contributed by atoms with Crippen molar-refractivity contribution < 1.29 is 14.3 Å². The van der Waals surface area contributed by atoms with Crippen LogP contribution < -0.4 is 10.1 Å². The Morgan fingerprint density at radius 2 is 2.26 bits per heavy atom. The van der Waals surface area contributed by atoms with Gasteiger partial charge in [-0.15, -0.1) is 11.3 Å². The maximum Gasteiger partial charge on any atom is 0.263 e. The van der Waals surface area contributed by atoms with Crippen molar-refractivity contribution in [3.8, 4) is 5.75 Å². The Hall–Kier alpha value is -1.92. The SMILES string of the molecule is Cc1nc(COc2ccccc2)sc1C(=O)NCC1CCCO1. The van der Waals surface area contributed by atoms with E-state index in [2.05, 4.69) is 10.3 Å². The number of rotatable bonds is 6. The highest BCUT2D eigenvalue weighted by Gasteiger charge is 2.19. The summed E-state index contributed by atoms with van der Waals surface area (Å²) in [5, 5.41) is 3.73. The number of carbonyl (C=O) groups excluding carboxylic acids is 1. The van der Waals surface area contributed by atoms with E-state index in [1.54, 1.807) is 0 Å². The van der Waals surface area contributed by atoms with Gasteiger partial charge in [0.05, 0.1) is 11.8 Å². The molecule has 23 heavy (non-hydrogen) atoms. The molecule has 122 valence electrons. The fourth-order valence-electron chi connectivity index (χ4n) is 2.48. The van der Waals surface area contributed by atoms with Crippen molar-refractivity contribution in [2.45, 2.75) is 32.5 Å². The first-order valence-corrected chi connectivity index (χ1v) is 8.58. The van der Waals surface area contributed by atoms with Crippen LogP contribution in [0.15, 0.2) is 30.3 Å². The molecule has 6 heteroatoms. The second-order valence-electron chi connectivity index (χ2n) is 5.47. The maximum absolute atomic E-state index is 12.3. The molecular formula is C17H20N2O3S. The molecular weight excluding hydrogens is 312 g/mol. The molecule has 2 aromatic rings. The van der Waals surface area contributed by atoms with Crippen molar-refractivity contribution in [3.05, 3.63) is 45.9 Å². The molecule has 2 heterocycles. The van der Waals surface area contributed by atoms with Crippen molar-refractivity contribution in [1.29, 1.82) is 0 Å². The Labute approximate surface area is 139 Å². The van der Waals surface area contributed by atoms with E-state index in [4.69, 9.17) is 9.47 Å². The molecule has 1 aromatic heterocycles. The van der Waals surface area contributed by atoms with Gasteiger partial charge in [-0.1, -0.05) is 18.2 Å². The number of benzene rings is 1. The lowest BCUT2D eigenvalue weighted by molar-refractivity contribution is 0.0860. The maximum atomic E-state index is 12.3. The lowest BCUT2D eigenvalue weighted by atomic mass is 10.2. The number of para-hydroxylation sites is 1. The molecule has 1 aliphatic heterocycles. The van der Waals surface area contributed by atoms with Gasteiger partial charge >= 0.3 is 0 Å². The third-order valence-electron chi connectivity index (χ3n) is 3.67. The standard InChI is InChI=1S/C17H20N2O3S/c1-12-16(17(20)18-10-14-8-5-9-21-14)23-15(19-12)11-22-13-6-3-2-4-7-13/h2-4,6-7,14H,5,8-11H2,1H3,(H,18,20). The Bertz CT molecular complexity index is 651. The van der Waals surface area contributed by atoms with Gasteiger partial charge in [0.25, 0.3) is 5.91 Å². The summed E-state index contributed by atoms with van der Waals surface area (Å²) in [4.78, 5) is 17.3. The first-order valence-electron chi connectivity index (χ1n) is 7.76. The van der Waals surface area contributed by atoms with Gasteiger partial charge in [0, 0.05) is 13.2 Å². The number of carbonyl (C=O) groups is 1. The Morgan fingerprint density at radius 1 is 1.43 bits per heavy atom. The number of aromatic nitrogens is 1. The van der Waals surface area contributed by atoms with E-state index >= 15 is 0 Å². The number of hydrogen-bond acceptors (Lipinski definition) is 5. The topological polar surface area (TPSA) is 60.5 Å². The van der Waals surface area contributed by atoms with Crippen LogP contribution in [0.2, 0.25) is 0 Å². The highest BCUT2D eigenvalue weighted by atomic mass is 32.1. The molecule has 1 atom stereocenters. The van der Waals surface area contributed by atoms with Gasteiger partial charge in [-0.05, 0) is 31.9 Å². The van der Waals surface area contributed by atoms with E-state index in [9.17, 15) is 4.79 Å². The first kappa shape index (κ1) is 16.0. The molecule has 1 aliphatic rings. The average Bonchev–Trinajstić information content (AvgIpc) is 3.21. The molecule has 5 nitrogen and oxygen atoms in total. The van der Waals surface area contributed by atoms with Gasteiger partial charge in [0.2, 0.25) is 0 Å². The third-order valence-corrected chi connectivity index (χ3v) is 4.80. The summed E-state index contributed by atoms with van der Waals surface area (Å²) in [6, 6.07) is 9.58. The quantitative estimate of drug-likeness (QED) is 0.883. The van der Waals surface area contributed by atoms with E-state index < -0.39 is 0 Å². The summed E-state index contributed by atoms with van der Waals surface area (Å²) in [5.74, 6) is 0.714. The molecule has 0 radical (unpaired) electrons. The van der Waals surface area contributed by atoms with Gasteiger partial charge < -0.3 is 14.8 Å². The number of thiazole rings is 1. The van der Waals surface area contributed by atoms with Gasteiger partial charge in [-0.3, -0.25) is 4.79 Å². The first-order chi connectivity index (χ1) is 11.2. The van der Waals surface area contributed by atoms with E-state index in [-0.39, 0.29) is 12.0 Å². The van der Waals surface area contributed by atoms with Crippen LogP contribution in [0.1, 0.15) is 33.2 Å². The van der Waals surface area contributed by atoms with Crippen LogP contribution in [0.5, 0.6) is 5.75 Å². The minimum absolute atomic E-state index is 0.0820. The van der Waals surface area contributed by atoms with E-state index in [1.165, 1.54) is 11.3 Å². The van der Waals surface area contributed by atoms with E-state index in [0.29, 0.717) is 18.0 Å². The number of hydrogen-bond donors (Lipinski definition) is 1. The average molecular weight is 332 g/mol. The van der Waals surface area contributed by atoms with Crippen molar-refractivity contribution in [2.24, 2.45) is 0 Å². The lowest BCUT2D eigenvalue weighted by Crippen LogP contribution is -2.31. The lowest BCUT2D eigenvalue weighted by Gasteiger charge is -2.09. The van der Waals surface area contributed by atoms with Crippen molar-refractivity contribution >= 4 is 17.2 Å². The second-order valence-corrected chi connectivity index (χ2v) is 6.55. The van der Waals surface area contributed by atoms with Gasteiger partial charge in [0.15, 0.2) is 0 Å². The van der Waals surface area contributed by atoms with Gasteiger partial charge in [0.1, 0.15) is 22.2 Å². The molecule has 1 saturated heterocycles. The van der Waals surface area contributed by atoms with Crippen LogP contribution >= 0.6 is 11.3 Å². The number of nitrogens with one attached hydrogen (secondary N) is 1. The Morgan fingerprint density at radius 3 is 3.00 bits per heavy atom. The molecule has 0 bridgehead atoms. The fourth-order valence-corrected chi connectivity index (χ4v) is 3.37. The largest absolute Gasteiger partial charge is 0.486 e. The number of nitrogens with zero attached hydrogens (tertiary/aromatic N) is 1. The summed E-state index contributed by atoms with van der Waals surface area (Å²) in [6.07, 6.45) is 2.23. The smallest absolute Gasteiger partial charge is 0.263 e. The highest BCUT2D eigenvalue weighted by molar-refractivity contribution is 7.13. The number of ether oxygens (including phenoxy) is 2.